The molecule has 98 valence electrons. The van der Waals surface area contributed by atoms with Crippen LogP contribution < -0.4 is 0 Å². The first-order chi connectivity index (χ1) is 7.78. The van der Waals surface area contributed by atoms with Crippen LogP contribution in [0.15, 0.2) is 0 Å². The molecule has 0 heterocycles. The highest BCUT2D eigenvalue weighted by atomic mass is 15.1. The van der Waals surface area contributed by atoms with Crippen LogP contribution in [-0.4, -0.2) is 24.5 Å². The van der Waals surface area contributed by atoms with Crippen LogP contribution in [0.5, 0.6) is 0 Å². The molecule has 1 atom stereocenters. The summed E-state index contributed by atoms with van der Waals surface area (Å²) in [5, 5.41) is 0. The molecule has 1 nitrogen and oxygen atoms in total. The minimum absolute atomic E-state index is 0.947. The molecule has 0 saturated carbocycles. The molecule has 0 aromatic rings. The van der Waals surface area contributed by atoms with Crippen LogP contribution in [0.2, 0.25) is 0 Å². The zero-order chi connectivity index (χ0) is 12.2. The van der Waals surface area contributed by atoms with Gasteiger partial charge in [0.25, 0.3) is 0 Å². The standard InChI is InChI=1S/C15H33N/c1-5-9-11-15(10-6-2)14-16(12-7-3)13-8-4/h15H,5-14H2,1-4H3. The molecule has 0 N–H and O–H groups in total. The van der Waals surface area contributed by atoms with Crippen molar-refractivity contribution in [1.82, 2.24) is 4.90 Å². The van der Waals surface area contributed by atoms with Crippen LogP contribution in [0.3, 0.4) is 0 Å². The maximum Gasteiger partial charge on any atom is 0.000965 e. The Morgan fingerprint density at radius 2 is 1.38 bits per heavy atom. The van der Waals surface area contributed by atoms with Crippen molar-refractivity contribution in [2.75, 3.05) is 19.6 Å². The van der Waals surface area contributed by atoms with Crippen molar-refractivity contribution in [2.45, 2.75) is 72.6 Å². The lowest BCUT2D eigenvalue weighted by Gasteiger charge is -2.26. The van der Waals surface area contributed by atoms with Crippen molar-refractivity contribution < 1.29 is 0 Å². The maximum atomic E-state index is 2.68. The average molecular weight is 227 g/mol. The van der Waals surface area contributed by atoms with Gasteiger partial charge in [-0.3, -0.25) is 0 Å². The van der Waals surface area contributed by atoms with Gasteiger partial charge in [-0.25, -0.2) is 0 Å². The number of hydrogen-bond donors (Lipinski definition) is 0. The quantitative estimate of drug-likeness (QED) is 0.494. The van der Waals surface area contributed by atoms with Gasteiger partial charge in [0, 0.05) is 6.54 Å². The van der Waals surface area contributed by atoms with E-state index in [1.165, 1.54) is 64.6 Å². The molecular formula is C15H33N. The van der Waals surface area contributed by atoms with Crippen molar-refractivity contribution >= 4 is 0 Å². The summed E-state index contributed by atoms with van der Waals surface area (Å²) in [7, 11) is 0. The molecule has 1 heteroatoms. The van der Waals surface area contributed by atoms with Gasteiger partial charge in [0.05, 0.1) is 0 Å². The summed E-state index contributed by atoms with van der Waals surface area (Å²) in [6.07, 6.45) is 9.57. The third kappa shape index (κ3) is 8.15. The Balaban J connectivity index is 3.98. The average Bonchev–Trinajstić information content (AvgIpc) is 2.27. The van der Waals surface area contributed by atoms with Gasteiger partial charge in [0.15, 0.2) is 0 Å². The van der Waals surface area contributed by atoms with Crippen LogP contribution in [0, 0.1) is 5.92 Å². The zero-order valence-corrected chi connectivity index (χ0v) is 12.1. The molecule has 0 fully saturated rings. The molecule has 0 saturated heterocycles. The molecule has 0 amide bonds. The van der Waals surface area contributed by atoms with Crippen LogP contribution >= 0.6 is 0 Å². The lowest BCUT2D eigenvalue weighted by atomic mass is 9.96. The lowest BCUT2D eigenvalue weighted by Crippen LogP contribution is -2.31. The minimum Gasteiger partial charge on any atom is -0.303 e. The van der Waals surface area contributed by atoms with E-state index in [2.05, 4.69) is 32.6 Å². The van der Waals surface area contributed by atoms with Crippen LogP contribution in [0.4, 0.5) is 0 Å². The van der Waals surface area contributed by atoms with E-state index in [1.54, 1.807) is 0 Å². The molecule has 1 unspecified atom stereocenters. The molecule has 16 heavy (non-hydrogen) atoms. The summed E-state index contributed by atoms with van der Waals surface area (Å²) in [6.45, 7) is 13.1. The normalized spacial score (nSPS) is 13.3. The van der Waals surface area contributed by atoms with E-state index in [9.17, 15) is 0 Å². The van der Waals surface area contributed by atoms with Gasteiger partial charge in [-0.2, -0.15) is 0 Å². The van der Waals surface area contributed by atoms with Crippen molar-refractivity contribution in [2.24, 2.45) is 5.92 Å². The second-order valence-corrected chi connectivity index (χ2v) is 5.10. The van der Waals surface area contributed by atoms with Crippen molar-refractivity contribution in [3.63, 3.8) is 0 Å². The fourth-order valence-electron chi connectivity index (χ4n) is 2.52. The van der Waals surface area contributed by atoms with E-state index in [-0.39, 0.29) is 0 Å². The number of hydrogen-bond acceptors (Lipinski definition) is 1. The number of nitrogens with zero attached hydrogens (tertiary/aromatic N) is 1. The Kier molecular flexibility index (Phi) is 11.4. The van der Waals surface area contributed by atoms with Crippen molar-refractivity contribution in [1.29, 1.82) is 0 Å². The van der Waals surface area contributed by atoms with Gasteiger partial charge in [-0.05, 0) is 44.7 Å². The Bertz CT molecular complexity index is 127. The highest BCUT2D eigenvalue weighted by Gasteiger charge is 2.12. The SMILES string of the molecule is CCCCC(CCC)CN(CCC)CCC. The summed E-state index contributed by atoms with van der Waals surface area (Å²) in [5.74, 6) is 0.947. The van der Waals surface area contributed by atoms with E-state index in [1.807, 2.05) is 0 Å². The van der Waals surface area contributed by atoms with E-state index >= 15 is 0 Å². The molecule has 0 aliphatic heterocycles. The van der Waals surface area contributed by atoms with Crippen LogP contribution in [0.1, 0.15) is 72.6 Å². The van der Waals surface area contributed by atoms with E-state index < -0.39 is 0 Å². The largest absolute Gasteiger partial charge is 0.303 e. The fraction of sp³-hybridized carbons (Fsp3) is 1.00. The minimum atomic E-state index is 0.947. The molecule has 0 rings (SSSR count). The highest BCUT2D eigenvalue weighted by Crippen LogP contribution is 2.16. The van der Waals surface area contributed by atoms with Gasteiger partial charge >= 0.3 is 0 Å². The Hall–Kier alpha value is -0.0400. The predicted octanol–water partition coefficient (Wildman–Crippen LogP) is 4.71. The summed E-state index contributed by atoms with van der Waals surface area (Å²) in [6, 6.07) is 0. The molecule has 0 aliphatic carbocycles. The molecule has 0 bridgehead atoms. The fourth-order valence-corrected chi connectivity index (χ4v) is 2.52. The third-order valence-electron chi connectivity index (χ3n) is 3.26. The lowest BCUT2D eigenvalue weighted by molar-refractivity contribution is 0.215. The van der Waals surface area contributed by atoms with Crippen LogP contribution in [-0.2, 0) is 0 Å². The molecule has 0 radical (unpaired) electrons. The maximum absolute atomic E-state index is 2.68. The van der Waals surface area contributed by atoms with Gasteiger partial charge in [-0.15, -0.1) is 0 Å². The van der Waals surface area contributed by atoms with E-state index in [4.69, 9.17) is 0 Å². The highest BCUT2D eigenvalue weighted by molar-refractivity contribution is 4.66. The predicted molar refractivity (Wildman–Crippen MR) is 74.9 cm³/mol. The molecule has 0 aromatic heterocycles. The molecular weight excluding hydrogens is 194 g/mol. The topological polar surface area (TPSA) is 3.24 Å². The smallest absolute Gasteiger partial charge is 0.000965 e. The first kappa shape index (κ1) is 16.0. The molecule has 0 aliphatic rings. The second-order valence-electron chi connectivity index (χ2n) is 5.10. The summed E-state index contributed by atoms with van der Waals surface area (Å²) < 4.78 is 0. The van der Waals surface area contributed by atoms with Gasteiger partial charge in [-0.1, -0.05) is 47.0 Å². The van der Waals surface area contributed by atoms with E-state index in [0.717, 1.165) is 5.92 Å². The third-order valence-corrected chi connectivity index (χ3v) is 3.26. The van der Waals surface area contributed by atoms with Gasteiger partial charge < -0.3 is 4.90 Å². The van der Waals surface area contributed by atoms with E-state index in [0.29, 0.717) is 0 Å². The second kappa shape index (κ2) is 11.4. The monoisotopic (exact) mass is 227 g/mol. The summed E-state index contributed by atoms with van der Waals surface area (Å²) >= 11 is 0. The number of rotatable bonds is 11. The zero-order valence-electron chi connectivity index (χ0n) is 12.1. The Labute approximate surface area is 104 Å². The van der Waals surface area contributed by atoms with Gasteiger partial charge in [0.2, 0.25) is 0 Å². The first-order valence-electron chi connectivity index (χ1n) is 7.50. The van der Waals surface area contributed by atoms with Gasteiger partial charge in [0.1, 0.15) is 0 Å². The molecule has 0 aromatic carbocycles. The Morgan fingerprint density at radius 1 is 0.750 bits per heavy atom. The molecule has 0 spiro atoms. The summed E-state index contributed by atoms with van der Waals surface area (Å²) in [4.78, 5) is 2.68. The Morgan fingerprint density at radius 3 is 1.81 bits per heavy atom. The first-order valence-corrected chi connectivity index (χ1v) is 7.50. The number of unbranched alkanes of at least 4 members (excludes halogenated alkanes) is 1. The van der Waals surface area contributed by atoms with Crippen molar-refractivity contribution in [3.8, 4) is 0 Å². The summed E-state index contributed by atoms with van der Waals surface area (Å²) in [5.41, 5.74) is 0. The van der Waals surface area contributed by atoms with Crippen LogP contribution in [0.25, 0.3) is 0 Å². The van der Waals surface area contributed by atoms with Crippen molar-refractivity contribution in [3.05, 3.63) is 0 Å².